The zero-order valence-electron chi connectivity index (χ0n) is 26.9. The van der Waals surface area contributed by atoms with Gasteiger partial charge in [-0.25, -0.2) is 4.98 Å². The van der Waals surface area contributed by atoms with Crippen LogP contribution in [-0.2, 0) is 4.74 Å². The summed E-state index contributed by atoms with van der Waals surface area (Å²) in [6.07, 6.45) is 0.0169. The molecule has 3 heterocycles. The number of likely N-dealkylation sites (N-methyl/N-ethyl adjacent to an activating group) is 1. The molecule has 2 aromatic heterocycles. The highest BCUT2D eigenvalue weighted by molar-refractivity contribution is 6.53. The van der Waals surface area contributed by atoms with Gasteiger partial charge in [0.15, 0.2) is 11.5 Å². The molecule has 10 nitrogen and oxygen atoms in total. The van der Waals surface area contributed by atoms with Crippen LogP contribution in [0.4, 0.5) is 5.82 Å². The van der Waals surface area contributed by atoms with Gasteiger partial charge in [-0.2, -0.15) is 9.97 Å². The molecule has 252 valence electrons. The molecule has 0 unspecified atom stereocenters. The number of halogens is 2. The molecule has 0 spiro atoms. The summed E-state index contributed by atoms with van der Waals surface area (Å²) >= 11 is 12.6. The Balaban J connectivity index is 0.000000204. The van der Waals surface area contributed by atoms with Gasteiger partial charge in [-0.3, -0.25) is 4.57 Å². The van der Waals surface area contributed by atoms with Crippen LogP contribution in [0.1, 0.15) is 43.2 Å². The fraction of sp³-hybridized carbons (Fsp3) is 0.306. The first kappa shape index (κ1) is 35.3. The lowest BCUT2D eigenvalue weighted by molar-refractivity contribution is -0.0432. The van der Waals surface area contributed by atoms with Gasteiger partial charge in [-0.1, -0.05) is 98.2 Å². The van der Waals surface area contributed by atoms with Crippen LogP contribution in [0, 0.1) is 0 Å². The summed E-state index contributed by atoms with van der Waals surface area (Å²) in [4.78, 5) is 14.3. The first-order chi connectivity index (χ1) is 23.3. The summed E-state index contributed by atoms with van der Waals surface area (Å²) in [5.74, 6) is 1.06. The average molecular weight is 692 g/mol. The maximum Gasteiger partial charge on any atom is 0.226 e. The minimum Gasteiger partial charge on any atom is -0.492 e. The fourth-order valence-corrected chi connectivity index (χ4v) is 5.99. The molecule has 3 aromatic carbocycles. The van der Waals surface area contributed by atoms with Gasteiger partial charge in [0.1, 0.15) is 30.2 Å². The smallest absolute Gasteiger partial charge is 0.226 e. The molecule has 5 aromatic rings. The molecule has 12 heteroatoms. The van der Waals surface area contributed by atoms with Crippen molar-refractivity contribution in [3.63, 3.8) is 0 Å². The van der Waals surface area contributed by atoms with Crippen molar-refractivity contribution in [3.05, 3.63) is 113 Å². The highest BCUT2D eigenvalue weighted by atomic mass is 35.5. The summed E-state index contributed by atoms with van der Waals surface area (Å²) in [5, 5.41) is 19.6. The number of nitrogens with two attached hydrogens (primary N) is 1. The lowest BCUT2D eigenvalue weighted by Gasteiger charge is -2.18. The average Bonchev–Trinajstić information content (AvgIpc) is 3.71. The van der Waals surface area contributed by atoms with Crippen LogP contribution >= 0.6 is 23.2 Å². The first-order valence-electron chi connectivity index (χ1n) is 15.9. The molecule has 48 heavy (non-hydrogen) atoms. The van der Waals surface area contributed by atoms with E-state index < -0.39 is 18.4 Å². The minimum absolute atomic E-state index is 0.0176. The van der Waals surface area contributed by atoms with Crippen molar-refractivity contribution in [2.75, 3.05) is 38.6 Å². The van der Waals surface area contributed by atoms with E-state index in [9.17, 15) is 5.11 Å². The second kappa shape index (κ2) is 16.9. The first-order valence-corrected chi connectivity index (χ1v) is 16.6. The van der Waals surface area contributed by atoms with Crippen molar-refractivity contribution in [3.8, 4) is 5.75 Å². The van der Waals surface area contributed by atoms with E-state index in [1.807, 2.05) is 60.7 Å². The molecule has 0 amide bonds. The van der Waals surface area contributed by atoms with Gasteiger partial charge in [0.05, 0.1) is 24.1 Å². The number of imidazole rings is 1. The summed E-state index contributed by atoms with van der Waals surface area (Å²) in [7, 11) is 0. The molecule has 0 bridgehead atoms. The zero-order chi connectivity index (χ0) is 34.0. The van der Waals surface area contributed by atoms with Crippen molar-refractivity contribution < 1.29 is 19.7 Å². The molecule has 1 aliphatic rings. The van der Waals surface area contributed by atoms with Gasteiger partial charge in [0.2, 0.25) is 5.28 Å². The van der Waals surface area contributed by atoms with Crippen LogP contribution in [0.2, 0.25) is 5.28 Å². The van der Waals surface area contributed by atoms with E-state index in [1.54, 1.807) is 4.57 Å². The number of fused-ring (bicyclic) bond motifs is 1. The van der Waals surface area contributed by atoms with Crippen molar-refractivity contribution in [1.82, 2.24) is 24.4 Å². The molecule has 1 fully saturated rings. The quantitative estimate of drug-likeness (QED) is 0.108. The summed E-state index contributed by atoms with van der Waals surface area (Å²) in [6, 6.07) is 28.6. The van der Waals surface area contributed by atoms with E-state index in [0.29, 0.717) is 24.2 Å². The van der Waals surface area contributed by atoms with E-state index in [-0.39, 0.29) is 17.7 Å². The van der Waals surface area contributed by atoms with E-state index >= 15 is 0 Å². The van der Waals surface area contributed by atoms with Gasteiger partial charge in [-0.15, -0.1) is 0 Å². The number of aliphatic hydroxyl groups excluding tert-OH is 2. The third-order valence-corrected chi connectivity index (χ3v) is 8.71. The standard InChI is InChI=1S/C26H28ClNO.C10H12ClN5O3/c1-3-28(4-2)19-20-29-24-17-15-22(16-18-24)25(21-11-7-5-8-12-21)26(27)23-13-9-6-10-14-23;11-10-14-8(12)7-9(15-10)16(3-13-7)6-1-4(18)5(2-17)19-6/h5-18H,3-4,19-20H2,1-2H3;3-6,17-18H,1-2H2,(H2,12,14,15)/b26-25+;/t;4-,5+,6+/m.0/s1. The second-order valence-corrected chi connectivity index (χ2v) is 11.9. The number of nitrogen functional groups attached to an aromatic ring is 1. The lowest BCUT2D eigenvalue weighted by Crippen LogP contribution is -2.27. The SMILES string of the molecule is CCN(CC)CCOc1ccc(/C(=C(/Cl)c2ccccc2)c2ccccc2)cc1.Nc1nc(Cl)nc2c1ncn2[C@H]1C[C@H](O)[C@@H](CO)O1. The number of rotatable bonds is 11. The summed E-state index contributed by atoms with van der Waals surface area (Å²) in [6.45, 7) is 7.81. The zero-order valence-corrected chi connectivity index (χ0v) is 28.4. The fourth-order valence-electron chi connectivity index (χ4n) is 5.48. The Kier molecular flexibility index (Phi) is 12.4. The number of aromatic nitrogens is 4. The van der Waals surface area contributed by atoms with Crippen LogP contribution < -0.4 is 10.5 Å². The van der Waals surface area contributed by atoms with Crippen LogP contribution in [0.25, 0.3) is 21.8 Å². The van der Waals surface area contributed by atoms with Crippen LogP contribution in [0.3, 0.4) is 0 Å². The summed E-state index contributed by atoms with van der Waals surface area (Å²) in [5.41, 5.74) is 10.8. The van der Waals surface area contributed by atoms with Crippen LogP contribution in [-0.4, -0.2) is 79.7 Å². The third-order valence-electron chi connectivity index (χ3n) is 8.14. The Bertz CT molecular complexity index is 1780. The molecular weight excluding hydrogens is 651 g/mol. The monoisotopic (exact) mass is 690 g/mol. The lowest BCUT2D eigenvalue weighted by atomic mass is 9.95. The van der Waals surface area contributed by atoms with Gasteiger partial charge in [-0.05, 0) is 53.5 Å². The molecule has 0 radical (unpaired) electrons. The number of anilines is 1. The molecule has 1 saturated heterocycles. The number of ether oxygens (including phenoxy) is 2. The third kappa shape index (κ3) is 8.51. The van der Waals surface area contributed by atoms with Gasteiger partial charge >= 0.3 is 0 Å². The van der Waals surface area contributed by atoms with Crippen molar-refractivity contribution in [1.29, 1.82) is 0 Å². The molecule has 3 atom stereocenters. The Hall–Kier alpha value is -4.03. The van der Waals surface area contributed by atoms with E-state index in [2.05, 4.69) is 58.0 Å². The molecule has 0 aliphatic carbocycles. The normalized spacial score (nSPS) is 18.0. The number of aliphatic hydroxyl groups is 2. The van der Waals surface area contributed by atoms with Crippen molar-refractivity contribution in [2.45, 2.75) is 38.7 Å². The Morgan fingerprint density at radius 1 is 0.958 bits per heavy atom. The highest BCUT2D eigenvalue weighted by Gasteiger charge is 2.35. The van der Waals surface area contributed by atoms with Crippen molar-refractivity contribution in [2.24, 2.45) is 0 Å². The topological polar surface area (TPSA) is 132 Å². The molecule has 0 saturated carbocycles. The summed E-state index contributed by atoms with van der Waals surface area (Å²) < 4.78 is 13.1. The predicted octanol–water partition coefficient (Wildman–Crippen LogP) is 6.27. The number of benzene rings is 3. The maximum absolute atomic E-state index is 9.74. The number of hydrogen-bond donors (Lipinski definition) is 3. The molecule has 6 rings (SSSR count). The van der Waals surface area contributed by atoms with Gasteiger partial charge in [0, 0.05) is 18.5 Å². The van der Waals surface area contributed by atoms with Crippen molar-refractivity contribution >= 4 is 50.8 Å². The van der Waals surface area contributed by atoms with E-state index in [0.717, 1.165) is 52.7 Å². The van der Waals surface area contributed by atoms with Gasteiger partial charge < -0.3 is 30.3 Å². The molecule has 1 aliphatic heterocycles. The maximum atomic E-state index is 9.74. The second-order valence-electron chi connectivity index (χ2n) is 11.1. The molecule has 4 N–H and O–H groups in total. The van der Waals surface area contributed by atoms with Gasteiger partial charge in [0.25, 0.3) is 0 Å². The van der Waals surface area contributed by atoms with E-state index in [1.165, 1.54) is 6.33 Å². The molecular formula is C36H40Cl2N6O4. The minimum atomic E-state index is -0.734. The Labute approximate surface area is 290 Å². The number of hydrogen-bond acceptors (Lipinski definition) is 9. The predicted molar refractivity (Wildman–Crippen MR) is 191 cm³/mol. The Morgan fingerprint density at radius 2 is 1.58 bits per heavy atom. The Morgan fingerprint density at radius 3 is 2.19 bits per heavy atom. The largest absolute Gasteiger partial charge is 0.492 e. The highest BCUT2D eigenvalue weighted by Crippen LogP contribution is 2.35. The van der Waals surface area contributed by atoms with Crippen LogP contribution in [0.5, 0.6) is 5.75 Å². The number of nitrogens with zero attached hydrogens (tertiary/aromatic N) is 5. The van der Waals surface area contributed by atoms with E-state index in [4.69, 9.17) is 43.5 Å². The van der Waals surface area contributed by atoms with Crippen LogP contribution in [0.15, 0.2) is 91.3 Å².